The van der Waals surface area contributed by atoms with Crippen molar-refractivity contribution in [2.24, 2.45) is 0 Å². The van der Waals surface area contributed by atoms with Gasteiger partial charge < -0.3 is 9.47 Å². The second kappa shape index (κ2) is 7.02. The summed E-state index contributed by atoms with van der Waals surface area (Å²) >= 11 is 0. The number of nitrogens with zero attached hydrogens (tertiary/aromatic N) is 1. The van der Waals surface area contributed by atoms with Crippen LogP contribution < -0.4 is 0 Å². The maximum absolute atomic E-state index is 14.2. The highest BCUT2D eigenvalue weighted by Crippen LogP contribution is 2.32. The number of rotatable bonds is 7. The average molecular weight is 323 g/mol. The van der Waals surface area contributed by atoms with Crippen molar-refractivity contribution < 1.29 is 32.2 Å². The molecule has 0 atom stereocenters. The fraction of sp³-hybridized carbons (Fsp3) is 0.714. The SMILES string of the molecule is CCOC(=O)C(F)(F)/C(=C\N1CCOC1=O)CCC(C)(C)F. The summed E-state index contributed by atoms with van der Waals surface area (Å²) in [6.45, 7) is 3.86. The van der Waals surface area contributed by atoms with E-state index in [9.17, 15) is 22.8 Å². The lowest BCUT2D eigenvalue weighted by Gasteiger charge is -2.22. The van der Waals surface area contributed by atoms with Crippen molar-refractivity contribution in [3.8, 4) is 0 Å². The second-order valence-corrected chi connectivity index (χ2v) is 5.48. The van der Waals surface area contributed by atoms with Crippen molar-refractivity contribution in [2.45, 2.75) is 45.2 Å². The molecule has 0 saturated carbocycles. The van der Waals surface area contributed by atoms with Crippen LogP contribution >= 0.6 is 0 Å². The van der Waals surface area contributed by atoms with Gasteiger partial charge in [-0.2, -0.15) is 8.78 Å². The van der Waals surface area contributed by atoms with Gasteiger partial charge in [-0.1, -0.05) is 0 Å². The van der Waals surface area contributed by atoms with Crippen molar-refractivity contribution in [1.82, 2.24) is 4.90 Å². The highest BCUT2D eigenvalue weighted by Gasteiger charge is 2.45. The highest BCUT2D eigenvalue weighted by molar-refractivity contribution is 5.82. The Morgan fingerprint density at radius 1 is 1.41 bits per heavy atom. The Morgan fingerprint density at radius 2 is 2.05 bits per heavy atom. The van der Waals surface area contributed by atoms with Crippen LogP contribution in [0, 0.1) is 0 Å². The van der Waals surface area contributed by atoms with E-state index in [1.165, 1.54) is 20.8 Å². The fourth-order valence-electron chi connectivity index (χ4n) is 1.80. The molecular formula is C14H20F3NO4. The first-order chi connectivity index (χ1) is 10.1. The number of cyclic esters (lactones) is 1. The molecule has 8 heteroatoms. The fourth-order valence-corrected chi connectivity index (χ4v) is 1.80. The zero-order valence-corrected chi connectivity index (χ0v) is 12.8. The smallest absolute Gasteiger partial charge is 0.413 e. The van der Waals surface area contributed by atoms with E-state index in [1.54, 1.807) is 0 Å². The van der Waals surface area contributed by atoms with Crippen LogP contribution in [-0.4, -0.2) is 48.3 Å². The average Bonchev–Trinajstić information content (AvgIpc) is 2.79. The Balaban J connectivity index is 3.01. The Kier molecular flexibility index (Phi) is 5.85. The van der Waals surface area contributed by atoms with Gasteiger partial charge in [-0.05, 0) is 33.6 Å². The van der Waals surface area contributed by atoms with Gasteiger partial charge in [0, 0.05) is 11.8 Å². The quantitative estimate of drug-likeness (QED) is 0.676. The van der Waals surface area contributed by atoms with Crippen molar-refractivity contribution >= 4 is 12.1 Å². The molecule has 1 aliphatic rings. The number of alkyl halides is 3. The molecule has 1 heterocycles. The summed E-state index contributed by atoms with van der Waals surface area (Å²) in [5.41, 5.74) is -2.36. The first-order valence-electron chi connectivity index (χ1n) is 6.96. The number of esters is 1. The van der Waals surface area contributed by atoms with Gasteiger partial charge in [-0.3, -0.25) is 4.90 Å². The van der Waals surface area contributed by atoms with Crippen LogP contribution in [0.1, 0.15) is 33.6 Å². The molecule has 1 amide bonds. The molecule has 0 spiro atoms. The van der Waals surface area contributed by atoms with Crippen molar-refractivity contribution in [3.05, 3.63) is 11.8 Å². The monoisotopic (exact) mass is 323 g/mol. The first kappa shape index (κ1) is 18.3. The van der Waals surface area contributed by atoms with Gasteiger partial charge in [0.25, 0.3) is 0 Å². The standard InChI is InChI=1S/C14H20F3NO4/c1-4-21-11(19)14(16,17)10(5-6-13(2,3)15)9-18-7-8-22-12(18)20/h9H,4-8H2,1-3H3/b10-9-. The molecule has 0 aromatic carbocycles. The number of carbonyl (C=O) groups is 2. The molecule has 22 heavy (non-hydrogen) atoms. The van der Waals surface area contributed by atoms with E-state index in [2.05, 4.69) is 9.47 Å². The molecule has 5 nitrogen and oxygen atoms in total. The minimum Gasteiger partial charge on any atom is -0.461 e. The summed E-state index contributed by atoms with van der Waals surface area (Å²) in [6, 6.07) is 0. The van der Waals surface area contributed by atoms with Crippen LogP contribution in [0.4, 0.5) is 18.0 Å². The third-order valence-corrected chi connectivity index (χ3v) is 3.03. The molecule has 1 saturated heterocycles. The van der Waals surface area contributed by atoms with Crippen LogP contribution in [0.15, 0.2) is 11.8 Å². The molecule has 1 fully saturated rings. The number of halogens is 3. The summed E-state index contributed by atoms with van der Waals surface area (Å²) in [5, 5.41) is 0. The lowest BCUT2D eigenvalue weighted by molar-refractivity contribution is -0.166. The van der Waals surface area contributed by atoms with E-state index in [4.69, 9.17) is 0 Å². The lowest BCUT2D eigenvalue weighted by Crippen LogP contribution is -2.35. The van der Waals surface area contributed by atoms with Gasteiger partial charge in [-0.15, -0.1) is 0 Å². The molecule has 1 rings (SSSR count). The number of ether oxygens (including phenoxy) is 2. The molecule has 0 N–H and O–H groups in total. The minimum atomic E-state index is -3.93. The zero-order valence-electron chi connectivity index (χ0n) is 12.8. The summed E-state index contributed by atoms with van der Waals surface area (Å²) in [5.74, 6) is -5.64. The van der Waals surface area contributed by atoms with E-state index in [1.807, 2.05) is 0 Å². The maximum atomic E-state index is 14.2. The van der Waals surface area contributed by atoms with Crippen LogP contribution in [0.25, 0.3) is 0 Å². The Hall–Kier alpha value is -1.73. The molecule has 0 unspecified atom stereocenters. The van der Waals surface area contributed by atoms with Gasteiger partial charge in [0.05, 0.1) is 13.2 Å². The van der Waals surface area contributed by atoms with Gasteiger partial charge in [0.1, 0.15) is 12.3 Å². The predicted molar refractivity (Wildman–Crippen MR) is 72.1 cm³/mol. The van der Waals surface area contributed by atoms with E-state index < -0.39 is 29.2 Å². The summed E-state index contributed by atoms with van der Waals surface area (Å²) in [7, 11) is 0. The summed E-state index contributed by atoms with van der Waals surface area (Å²) in [6.07, 6.45) is -0.537. The molecule has 0 radical (unpaired) electrons. The van der Waals surface area contributed by atoms with Crippen LogP contribution in [0.3, 0.4) is 0 Å². The van der Waals surface area contributed by atoms with Gasteiger partial charge in [-0.25, -0.2) is 14.0 Å². The van der Waals surface area contributed by atoms with Gasteiger partial charge in [0.2, 0.25) is 0 Å². The Labute approximate surface area is 127 Å². The summed E-state index contributed by atoms with van der Waals surface area (Å²) < 4.78 is 50.9. The normalized spacial score (nSPS) is 16.7. The van der Waals surface area contributed by atoms with Crippen LogP contribution in [0.2, 0.25) is 0 Å². The van der Waals surface area contributed by atoms with Gasteiger partial charge in [0.15, 0.2) is 0 Å². The van der Waals surface area contributed by atoms with Crippen LogP contribution in [-0.2, 0) is 14.3 Å². The molecular weight excluding hydrogens is 303 g/mol. The topological polar surface area (TPSA) is 55.8 Å². The third-order valence-electron chi connectivity index (χ3n) is 3.03. The molecule has 0 aromatic heterocycles. The van der Waals surface area contributed by atoms with Crippen molar-refractivity contribution in [3.63, 3.8) is 0 Å². The number of hydrogen-bond donors (Lipinski definition) is 0. The van der Waals surface area contributed by atoms with E-state index in [-0.39, 0.29) is 32.6 Å². The predicted octanol–water partition coefficient (Wildman–Crippen LogP) is 3.05. The maximum Gasteiger partial charge on any atom is 0.413 e. The molecule has 0 bridgehead atoms. The van der Waals surface area contributed by atoms with Gasteiger partial charge >= 0.3 is 18.0 Å². The molecule has 1 aliphatic heterocycles. The molecule has 0 aromatic rings. The number of hydrogen-bond acceptors (Lipinski definition) is 4. The lowest BCUT2D eigenvalue weighted by atomic mass is 9.97. The third kappa shape index (κ3) is 4.92. The van der Waals surface area contributed by atoms with E-state index >= 15 is 0 Å². The Bertz CT molecular complexity index is 457. The van der Waals surface area contributed by atoms with Crippen molar-refractivity contribution in [1.29, 1.82) is 0 Å². The molecule has 126 valence electrons. The van der Waals surface area contributed by atoms with E-state index in [0.29, 0.717) is 0 Å². The number of carbonyl (C=O) groups excluding carboxylic acids is 2. The first-order valence-corrected chi connectivity index (χ1v) is 6.96. The second-order valence-electron chi connectivity index (χ2n) is 5.48. The zero-order chi connectivity index (χ0) is 17.0. The Morgan fingerprint density at radius 3 is 2.50 bits per heavy atom. The van der Waals surface area contributed by atoms with E-state index in [0.717, 1.165) is 11.1 Å². The number of amides is 1. The largest absolute Gasteiger partial charge is 0.461 e. The van der Waals surface area contributed by atoms with Crippen molar-refractivity contribution in [2.75, 3.05) is 19.8 Å². The summed E-state index contributed by atoms with van der Waals surface area (Å²) in [4.78, 5) is 23.7. The minimum absolute atomic E-state index is 0.0716. The highest BCUT2D eigenvalue weighted by atomic mass is 19.3. The van der Waals surface area contributed by atoms with Crippen LogP contribution in [0.5, 0.6) is 0 Å². The molecule has 0 aliphatic carbocycles.